The van der Waals surface area contributed by atoms with Gasteiger partial charge in [-0.3, -0.25) is 4.79 Å². The first-order chi connectivity index (χ1) is 10.0. The molecule has 0 aliphatic rings. The fourth-order valence-corrected chi connectivity index (χ4v) is 2.03. The molecule has 5 heteroatoms. The summed E-state index contributed by atoms with van der Waals surface area (Å²) in [4.78, 5) is 15.7. The van der Waals surface area contributed by atoms with Gasteiger partial charge < -0.3 is 11.1 Å². The van der Waals surface area contributed by atoms with Crippen molar-refractivity contribution in [1.29, 1.82) is 0 Å². The third kappa shape index (κ3) is 3.56. The van der Waals surface area contributed by atoms with Gasteiger partial charge in [-0.05, 0) is 37.1 Å². The number of aryl methyl sites for hydroxylation is 2. The average molecular weight is 287 g/mol. The number of carbonyl (C=O) groups is 1. The molecule has 0 bridgehead atoms. The lowest BCUT2D eigenvalue weighted by Gasteiger charge is -2.09. The Labute approximate surface area is 123 Å². The van der Waals surface area contributed by atoms with Crippen molar-refractivity contribution in [1.82, 2.24) is 4.98 Å². The Hall–Kier alpha value is -2.43. The number of anilines is 2. The van der Waals surface area contributed by atoms with Gasteiger partial charge in [-0.25, -0.2) is 4.98 Å². The molecule has 1 heterocycles. The van der Waals surface area contributed by atoms with Gasteiger partial charge in [0, 0.05) is 11.3 Å². The predicted molar refractivity (Wildman–Crippen MR) is 81.7 cm³/mol. The Morgan fingerprint density at radius 3 is 2.62 bits per heavy atom. The van der Waals surface area contributed by atoms with E-state index in [0.717, 1.165) is 12.8 Å². The van der Waals surface area contributed by atoms with E-state index in [9.17, 15) is 9.18 Å². The van der Waals surface area contributed by atoms with Crippen LogP contribution in [0.3, 0.4) is 0 Å². The number of hydrogen-bond donors (Lipinski definition) is 2. The number of carbonyl (C=O) groups excluding carboxylic acids is 1. The minimum atomic E-state index is -0.659. The molecule has 0 atom stereocenters. The number of pyridine rings is 1. The normalized spacial score (nSPS) is 10.4. The van der Waals surface area contributed by atoms with Gasteiger partial charge in [-0.2, -0.15) is 4.39 Å². The van der Waals surface area contributed by atoms with E-state index >= 15 is 0 Å². The molecule has 1 aromatic carbocycles. The molecule has 0 saturated carbocycles. The van der Waals surface area contributed by atoms with E-state index in [1.165, 1.54) is 18.6 Å². The fraction of sp³-hybridized carbons (Fsp3) is 0.250. The average Bonchev–Trinajstić information content (AvgIpc) is 2.45. The second-order valence-corrected chi connectivity index (χ2v) is 4.93. The van der Waals surface area contributed by atoms with E-state index < -0.39 is 11.9 Å². The first-order valence-corrected chi connectivity index (χ1v) is 6.84. The Morgan fingerprint density at radius 2 is 2.00 bits per heavy atom. The molecule has 0 radical (unpaired) electrons. The van der Waals surface area contributed by atoms with Crippen LogP contribution in [-0.4, -0.2) is 10.9 Å². The molecular formula is C16H18FN3O. The lowest BCUT2D eigenvalue weighted by Crippen LogP contribution is -2.16. The molecule has 0 unspecified atom stereocenters. The monoisotopic (exact) mass is 287 g/mol. The van der Waals surface area contributed by atoms with Crippen molar-refractivity contribution in [2.75, 3.05) is 11.1 Å². The molecule has 0 aliphatic heterocycles. The molecule has 2 aromatic rings. The fourth-order valence-electron chi connectivity index (χ4n) is 2.03. The second kappa shape index (κ2) is 6.35. The van der Waals surface area contributed by atoms with Crippen LogP contribution in [0.5, 0.6) is 0 Å². The summed E-state index contributed by atoms with van der Waals surface area (Å²) in [7, 11) is 0. The first-order valence-electron chi connectivity index (χ1n) is 6.84. The Bertz CT molecular complexity index is 653. The van der Waals surface area contributed by atoms with E-state index in [1.807, 2.05) is 24.3 Å². The number of amides is 1. The van der Waals surface area contributed by atoms with Crippen LogP contribution in [0.15, 0.2) is 30.3 Å². The molecule has 0 aliphatic carbocycles. The van der Waals surface area contributed by atoms with Crippen molar-refractivity contribution < 1.29 is 9.18 Å². The van der Waals surface area contributed by atoms with Gasteiger partial charge in [0.05, 0.1) is 5.56 Å². The molecule has 0 saturated heterocycles. The highest BCUT2D eigenvalue weighted by atomic mass is 19.1. The summed E-state index contributed by atoms with van der Waals surface area (Å²) in [5.74, 6) is -1.17. The van der Waals surface area contributed by atoms with Crippen molar-refractivity contribution in [3.63, 3.8) is 0 Å². The Morgan fingerprint density at radius 1 is 1.33 bits per heavy atom. The maximum atomic E-state index is 13.2. The first kappa shape index (κ1) is 15.0. The SMILES string of the molecule is CCCc1ccc(NC(=O)c2cc(C)c(F)nc2N)cc1. The molecule has 110 valence electrons. The summed E-state index contributed by atoms with van der Waals surface area (Å²) in [6.45, 7) is 3.65. The van der Waals surface area contributed by atoms with Gasteiger partial charge in [0.25, 0.3) is 5.91 Å². The van der Waals surface area contributed by atoms with Gasteiger partial charge in [0.1, 0.15) is 5.82 Å². The summed E-state index contributed by atoms with van der Waals surface area (Å²) in [5.41, 5.74) is 7.94. The minimum Gasteiger partial charge on any atom is -0.383 e. The van der Waals surface area contributed by atoms with Crippen molar-refractivity contribution in [3.8, 4) is 0 Å². The maximum Gasteiger partial charge on any atom is 0.259 e. The number of benzene rings is 1. The largest absolute Gasteiger partial charge is 0.383 e. The van der Waals surface area contributed by atoms with Crippen molar-refractivity contribution in [2.45, 2.75) is 26.7 Å². The lowest BCUT2D eigenvalue weighted by molar-refractivity contribution is 0.102. The third-order valence-corrected chi connectivity index (χ3v) is 3.18. The van der Waals surface area contributed by atoms with E-state index in [-0.39, 0.29) is 16.9 Å². The van der Waals surface area contributed by atoms with Crippen LogP contribution in [0.4, 0.5) is 15.9 Å². The highest BCUT2D eigenvalue weighted by molar-refractivity contribution is 6.07. The summed E-state index contributed by atoms with van der Waals surface area (Å²) in [6, 6.07) is 9.01. The molecule has 1 aromatic heterocycles. The molecule has 1 amide bonds. The zero-order valence-electron chi connectivity index (χ0n) is 12.1. The molecule has 0 fully saturated rings. The van der Waals surface area contributed by atoms with E-state index in [4.69, 9.17) is 5.73 Å². The number of nitrogen functional groups attached to an aromatic ring is 1. The van der Waals surface area contributed by atoms with Crippen LogP contribution >= 0.6 is 0 Å². The number of rotatable bonds is 4. The van der Waals surface area contributed by atoms with Gasteiger partial charge in [-0.15, -0.1) is 0 Å². The molecule has 2 rings (SSSR count). The third-order valence-electron chi connectivity index (χ3n) is 3.18. The molecule has 21 heavy (non-hydrogen) atoms. The van der Waals surface area contributed by atoms with E-state index in [0.29, 0.717) is 5.69 Å². The topological polar surface area (TPSA) is 68.0 Å². The van der Waals surface area contributed by atoms with Crippen molar-refractivity contribution in [3.05, 3.63) is 53.0 Å². The van der Waals surface area contributed by atoms with Gasteiger partial charge in [0.2, 0.25) is 5.95 Å². The number of hydrogen-bond acceptors (Lipinski definition) is 3. The van der Waals surface area contributed by atoms with Crippen LogP contribution < -0.4 is 11.1 Å². The van der Waals surface area contributed by atoms with Crippen molar-refractivity contribution in [2.24, 2.45) is 0 Å². The summed E-state index contributed by atoms with van der Waals surface area (Å²) >= 11 is 0. The van der Waals surface area contributed by atoms with Gasteiger partial charge in [0.15, 0.2) is 0 Å². The number of nitrogens with two attached hydrogens (primary N) is 1. The van der Waals surface area contributed by atoms with E-state index in [1.54, 1.807) is 0 Å². The van der Waals surface area contributed by atoms with Crippen LogP contribution in [0.2, 0.25) is 0 Å². The van der Waals surface area contributed by atoms with E-state index in [2.05, 4.69) is 17.2 Å². The standard InChI is InChI=1S/C16H18FN3O/c1-3-4-11-5-7-12(8-6-11)19-16(21)13-9-10(2)14(17)20-15(13)18/h5-9H,3-4H2,1-2H3,(H2,18,20)(H,19,21). The van der Waals surface area contributed by atoms with Crippen molar-refractivity contribution >= 4 is 17.4 Å². The summed E-state index contributed by atoms with van der Waals surface area (Å²) < 4.78 is 13.2. The van der Waals surface area contributed by atoms with Gasteiger partial charge >= 0.3 is 0 Å². The highest BCUT2D eigenvalue weighted by Gasteiger charge is 2.14. The lowest BCUT2D eigenvalue weighted by atomic mass is 10.1. The summed E-state index contributed by atoms with van der Waals surface area (Å²) in [6.07, 6.45) is 2.07. The predicted octanol–water partition coefficient (Wildman–Crippen LogP) is 3.32. The Kier molecular flexibility index (Phi) is 4.52. The van der Waals surface area contributed by atoms with Crippen LogP contribution in [0, 0.1) is 12.9 Å². The highest BCUT2D eigenvalue weighted by Crippen LogP contribution is 2.17. The molecule has 0 spiro atoms. The van der Waals surface area contributed by atoms with Crippen LogP contribution in [0.25, 0.3) is 0 Å². The smallest absolute Gasteiger partial charge is 0.259 e. The number of aromatic nitrogens is 1. The summed E-state index contributed by atoms with van der Waals surface area (Å²) in [5, 5.41) is 2.73. The number of nitrogens with one attached hydrogen (secondary N) is 1. The maximum absolute atomic E-state index is 13.2. The van der Waals surface area contributed by atoms with Crippen LogP contribution in [-0.2, 0) is 6.42 Å². The number of halogens is 1. The molecule has 3 N–H and O–H groups in total. The minimum absolute atomic E-state index is 0.113. The Balaban J connectivity index is 2.16. The zero-order chi connectivity index (χ0) is 15.4. The van der Waals surface area contributed by atoms with Gasteiger partial charge in [-0.1, -0.05) is 25.5 Å². The quantitative estimate of drug-likeness (QED) is 0.848. The molecule has 4 nitrogen and oxygen atoms in total. The van der Waals surface area contributed by atoms with Crippen LogP contribution in [0.1, 0.15) is 34.8 Å². The zero-order valence-corrected chi connectivity index (χ0v) is 12.1. The number of nitrogens with zero attached hydrogens (tertiary/aromatic N) is 1. The second-order valence-electron chi connectivity index (χ2n) is 4.93. The molecular weight excluding hydrogens is 269 g/mol.